The molecule has 1 N–H and O–H groups in total. The minimum absolute atomic E-state index is 0.0590. The van der Waals surface area contributed by atoms with Gasteiger partial charge in [0.05, 0.1) is 29.0 Å². The zero-order valence-electron chi connectivity index (χ0n) is 14.4. The van der Waals surface area contributed by atoms with E-state index in [4.69, 9.17) is 0 Å². The first-order chi connectivity index (χ1) is 12.0. The van der Waals surface area contributed by atoms with Crippen molar-refractivity contribution in [2.24, 2.45) is 0 Å². The Labute approximate surface area is 149 Å². The Morgan fingerprint density at radius 3 is 2.76 bits per heavy atom. The maximum atomic E-state index is 12.5. The molecule has 6 nitrogen and oxygen atoms in total. The number of aromatic nitrogens is 3. The Balaban J connectivity index is 1.78. The lowest BCUT2D eigenvalue weighted by Gasteiger charge is -2.15. The molecule has 0 saturated carbocycles. The molecule has 25 heavy (non-hydrogen) atoms. The summed E-state index contributed by atoms with van der Waals surface area (Å²) in [6, 6.07) is 6.97. The molecule has 0 aliphatic heterocycles. The van der Waals surface area contributed by atoms with Crippen molar-refractivity contribution < 1.29 is 4.79 Å². The van der Waals surface area contributed by atoms with Crippen LogP contribution in [0.2, 0.25) is 0 Å². The normalized spacial score (nSPS) is 12.3. The molecule has 0 aliphatic rings. The first-order valence-corrected chi connectivity index (χ1v) is 8.98. The summed E-state index contributed by atoms with van der Waals surface area (Å²) in [7, 11) is 0. The molecule has 3 rings (SSSR count). The number of hydrogen-bond acceptors (Lipinski definition) is 5. The number of carbonyl (C=O) groups excluding carboxylic acids is 1. The molecular formula is C18H20N4O2S. The predicted molar refractivity (Wildman–Crippen MR) is 98.8 cm³/mol. The van der Waals surface area contributed by atoms with Crippen molar-refractivity contribution in [1.29, 1.82) is 0 Å². The van der Waals surface area contributed by atoms with Crippen LogP contribution in [0.25, 0.3) is 10.9 Å². The highest BCUT2D eigenvalue weighted by atomic mass is 32.1. The van der Waals surface area contributed by atoms with Crippen LogP contribution in [0.15, 0.2) is 35.4 Å². The molecular weight excluding hydrogens is 336 g/mol. The van der Waals surface area contributed by atoms with Gasteiger partial charge in [-0.05, 0) is 32.4 Å². The van der Waals surface area contributed by atoms with Crippen molar-refractivity contribution in [1.82, 2.24) is 19.9 Å². The van der Waals surface area contributed by atoms with Gasteiger partial charge in [0.2, 0.25) is 5.91 Å². The van der Waals surface area contributed by atoms with E-state index in [0.717, 1.165) is 22.0 Å². The van der Waals surface area contributed by atoms with Gasteiger partial charge in [0.25, 0.3) is 5.56 Å². The van der Waals surface area contributed by atoms with Gasteiger partial charge in [-0.2, -0.15) is 0 Å². The molecule has 1 aromatic carbocycles. The maximum Gasteiger partial charge on any atom is 0.261 e. The third kappa shape index (κ3) is 3.61. The summed E-state index contributed by atoms with van der Waals surface area (Å²) in [5.41, 5.74) is 1.40. The number of carbonyl (C=O) groups is 1. The SMILES string of the molecule is CCC(NC(=O)Cn1cnc2ccccc2c1=O)c1nc(C)c(C)s1. The average molecular weight is 356 g/mol. The van der Waals surface area contributed by atoms with E-state index >= 15 is 0 Å². The van der Waals surface area contributed by atoms with Crippen LogP contribution in [-0.4, -0.2) is 20.4 Å². The molecule has 0 bridgehead atoms. The maximum absolute atomic E-state index is 12.5. The van der Waals surface area contributed by atoms with E-state index in [0.29, 0.717) is 10.9 Å². The Morgan fingerprint density at radius 1 is 1.32 bits per heavy atom. The number of amides is 1. The standard InChI is InChI=1S/C18H20N4O2S/c1-4-14(17-20-11(2)12(3)25-17)21-16(23)9-22-10-19-15-8-6-5-7-13(15)18(22)24/h5-8,10,14H,4,9H2,1-3H3,(H,21,23). The summed E-state index contributed by atoms with van der Waals surface area (Å²) in [6.07, 6.45) is 2.16. The van der Waals surface area contributed by atoms with Gasteiger partial charge in [0.1, 0.15) is 11.6 Å². The van der Waals surface area contributed by atoms with Crippen molar-refractivity contribution in [2.75, 3.05) is 0 Å². The second-order valence-electron chi connectivity index (χ2n) is 5.92. The van der Waals surface area contributed by atoms with Crippen LogP contribution in [0.1, 0.15) is 35.0 Å². The second kappa shape index (κ2) is 7.14. The van der Waals surface area contributed by atoms with Crippen molar-refractivity contribution >= 4 is 28.1 Å². The molecule has 1 unspecified atom stereocenters. The fourth-order valence-electron chi connectivity index (χ4n) is 2.60. The number of para-hydroxylation sites is 1. The Bertz CT molecular complexity index is 957. The molecule has 0 spiro atoms. The largest absolute Gasteiger partial charge is 0.345 e. The van der Waals surface area contributed by atoms with E-state index in [1.165, 1.54) is 10.9 Å². The number of nitrogens with one attached hydrogen (secondary N) is 1. The fourth-order valence-corrected chi connectivity index (χ4v) is 3.66. The lowest BCUT2D eigenvalue weighted by molar-refractivity contribution is -0.122. The highest BCUT2D eigenvalue weighted by molar-refractivity contribution is 7.11. The van der Waals surface area contributed by atoms with Crippen molar-refractivity contribution in [3.05, 3.63) is 56.5 Å². The van der Waals surface area contributed by atoms with Gasteiger partial charge in [-0.3, -0.25) is 14.2 Å². The minimum Gasteiger partial charge on any atom is -0.345 e. The zero-order chi connectivity index (χ0) is 18.0. The number of thiazole rings is 1. The summed E-state index contributed by atoms with van der Waals surface area (Å²) in [5, 5.41) is 4.38. The lowest BCUT2D eigenvalue weighted by Crippen LogP contribution is -2.34. The number of hydrogen-bond donors (Lipinski definition) is 1. The molecule has 1 amide bonds. The minimum atomic E-state index is -0.225. The molecule has 2 aromatic heterocycles. The Kier molecular flexibility index (Phi) is 4.94. The van der Waals surface area contributed by atoms with Gasteiger partial charge in [-0.25, -0.2) is 9.97 Å². The number of rotatable bonds is 5. The van der Waals surface area contributed by atoms with Crippen LogP contribution in [0, 0.1) is 13.8 Å². The van der Waals surface area contributed by atoms with Gasteiger partial charge in [-0.15, -0.1) is 11.3 Å². The van der Waals surface area contributed by atoms with E-state index in [2.05, 4.69) is 15.3 Å². The van der Waals surface area contributed by atoms with Gasteiger partial charge >= 0.3 is 0 Å². The topological polar surface area (TPSA) is 76.9 Å². The summed E-state index contributed by atoms with van der Waals surface area (Å²) in [6.45, 7) is 5.92. The molecule has 0 radical (unpaired) electrons. The molecule has 7 heteroatoms. The van der Waals surface area contributed by atoms with E-state index in [9.17, 15) is 9.59 Å². The molecule has 1 atom stereocenters. The first-order valence-electron chi connectivity index (χ1n) is 8.17. The fraction of sp³-hybridized carbons (Fsp3) is 0.333. The van der Waals surface area contributed by atoms with E-state index in [1.54, 1.807) is 29.5 Å². The van der Waals surface area contributed by atoms with E-state index < -0.39 is 0 Å². The summed E-state index contributed by atoms with van der Waals surface area (Å²) in [4.78, 5) is 34.8. The lowest BCUT2D eigenvalue weighted by atomic mass is 10.2. The number of fused-ring (bicyclic) bond motifs is 1. The van der Waals surface area contributed by atoms with Crippen LogP contribution in [0.5, 0.6) is 0 Å². The van der Waals surface area contributed by atoms with Crippen LogP contribution in [0.4, 0.5) is 0 Å². The quantitative estimate of drug-likeness (QED) is 0.762. The predicted octanol–water partition coefficient (Wildman–Crippen LogP) is 2.74. The summed E-state index contributed by atoms with van der Waals surface area (Å²) < 4.78 is 1.34. The van der Waals surface area contributed by atoms with Gasteiger partial charge < -0.3 is 5.32 Å². The molecule has 0 aliphatic carbocycles. The highest BCUT2D eigenvalue weighted by Crippen LogP contribution is 2.24. The van der Waals surface area contributed by atoms with Crippen LogP contribution >= 0.6 is 11.3 Å². The third-order valence-electron chi connectivity index (χ3n) is 4.13. The zero-order valence-corrected chi connectivity index (χ0v) is 15.3. The third-order valence-corrected chi connectivity index (χ3v) is 5.32. The highest BCUT2D eigenvalue weighted by Gasteiger charge is 2.18. The summed E-state index contributed by atoms with van der Waals surface area (Å²) in [5.74, 6) is -0.225. The van der Waals surface area contributed by atoms with Crippen LogP contribution in [-0.2, 0) is 11.3 Å². The smallest absolute Gasteiger partial charge is 0.261 e. The molecule has 2 heterocycles. The number of aryl methyl sites for hydroxylation is 2. The van der Waals surface area contributed by atoms with Crippen LogP contribution in [0.3, 0.4) is 0 Å². The first kappa shape index (κ1) is 17.3. The van der Waals surface area contributed by atoms with Crippen molar-refractivity contribution in [3.8, 4) is 0 Å². The Morgan fingerprint density at radius 2 is 2.08 bits per heavy atom. The van der Waals surface area contributed by atoms with Gasteiger partial charge in [0, 0.05) is 4.88 Å². The monoisotopic (exact) mass is 356 g/mol. The van der Waals surface area contributed by atoms with Crippen LogP contribution < -0.4 is 10.9 Å². The number of benzene rings is 1. The van der Waals surface area contributed by atoms with E-state index in [-0.39, 0.29) is 24.1 Å². The summed E-state index contributed by atoms with van der Waals surface area (Å²) >= 11 is 1.59. The Hall–Kier alpha value is -2.54. The average Bonchev–Trinajstić information content (AvgIpc) is 2.94. The number of nitrogens with zero attached hydrogens (tertiary/aromatic N) is 3. The molecule has 3 aromatic rings. The van der Waals surface area contributed by atoms with E-state index in [1.807, 2.05) is 26.8 Å². The molecule has 0 fully saturated rings. The van der Waals surface area contributed by atoms with Gasteiger partial charge in [-0.1, -0.05) is 19.1 Å². The molecule has 0 saturated heterocycles. The second-order valence-corrected chi connectivity index (χ2v) is 7.15. The van der Waals surface area contributed by atoms with Gasteiger partial charge in [0.15, 0.2) is 0 Å². The van der Waals surface area contributed by atoms with Crippen molar-refractivity contribution in [2.45, 2.75) is 39.8 Å². The molecule has 130 valence electrons. The van der Waals surface area contributed by atoms with Crippen molar-refractivity contribution in [3.63, 3.8) is 0 Å².